The van der Waals surface area contributed by atoms with Gasteiger partial charge in [-0.15, -0.1) is 11.3 Å². The number of para-hydroxylation sites is 1. The van der Waals surface area contributed by atoms with Gasteiger partial charge in [0.2, 0.25) is 5.91 Å². The van der Waals surface area contributed by atoms with E-state index in [0.29, 0.717) is 18.0 Å². The van der Waals surface area contributed by atoms with Gasteiger partial charge in [0.15, 0.2) is 10.9 Å². The van der Waals surface area contributed by atoms with Gasteiger partial charge in [-0.05, 0) is 43.5 Å². The maximum atomic E-state index is 12.2. The van der Waals surface area contributed by atoms with Gasteiger partial charge in [0.05, 0.1) is 12.0 Å². The first kappa shape index (κ1) is 17.9. The molecule has 2 heterocycles. The number of aromatic nitrogens is 1. The molecule has 0 radical (unpaired) electrons. The van der Waals surface area contributed by atoms with E-state index in [4.69, 9.17) is 4.42 Å². The number of nitrogens with zero attached hydrogens (tertiary/aromatic N) is 1. The Labute approximate surface area is 155 Å². The van der Waals surface area contributed by atoms with Crippen molar-refractivity contribution in [3.8, 4) is 0 Å². The molecule has 7 heteroatoms. The quantitative estimate of drug-likeness (QED) is 0.683. The number of hydrogen-bond acceptors (Lipinski definition) is 5. The average molecular weight is 369 g/mol. The van der Waals surface area contributed by atoms with Crippen molar-refractivity contribution >= 4 is 34.0 Å². The van der Waals surface area contributed by atoms with E-state index in [9.17, 15) is 9.59 Å². The molecule has 3 aromatic rings. The van der Waals surface area contributed by atoms with E-state index in [-0.39, 0.29) is 17.6 Å². The second-order valence-corrected chi connectivity index (χ2v) is 6.75. The van der Waals surface area contributed by atoms with Crippen molar-refractivity contribution in [2.24, 2.45) is 0 Å². The Morgan fingerprint density at radius 1 is 1.12 bits per heavy atom. The van der Waals surface area contributed by atoms with Gasteiger partial charge in [-0.1, -0.05) is 18.2 Å². The highest BCUT2D eigenvalue weighted by Gasteiger charge is 2.12. The van der Waals surface area contributed by atoms with Crippen LogP contribution in [-0.2, 0) is 11.2 Å². The minimum atomic E-state index is -0.344. The normalized spacial score (nSPS) is 10.5. The molecule has 0 aliphatic heterocycles. The highest BCUT2D eigenvalue weighted by molar-refractivity contribution is 7.13. The van der Waals surface area contributed by atoms with Crippen LogP contribution in [0.2, 0.25) is 0 Å². The lowest BCUT2D eigenvalue weighted by Gasteiger charge is -2.11. The Bertz CT molecular complexity index is 896. The molecular formula is C19H19N3O3S. The van der Waals surface area contributed by atoms with Crippen LogP contribution in [0, 0.1) is 13.8 Å². The monoisotopic (exact) mass is 369 g/mol. The number of furan rings is 1. The first-order valence-corrected chi connectivity index (χ1v) is 9.06. The van der Waals surface area contributed by atoms with Gasteiger partial charge >= 0.3 is 0 Å². The Morgan fingerprint density at radius 3 is 2.58 bits per heavy atom. The molecule has 134 valence electrons. The second kappa shape index (κ2) is 7.97. The second-order valence-electron chi connectivity index (χ2n) is 5.89. The van der Waals surface area contributed by atoms with Gasteiger partial charge in [-0.2, -0.15) is 0 Å². The molecular weight excluding hydrogens is 350 g/mol. The van der Waals surface area contributed by atoms with Crippen molar-refractivity contribution in [2.45, 2.75) is 26.7 Å². The molecule has 0 spiro atoms. The predicted octanol–water partition coefficient (Wildman–Crippen LogP) is 4.18. The number of benzene rings is 1. The standard InChI is InChI=1S/C19H19N3O3S/c1-12-5-3-6-13(2)17(12)21-16(23)9-8-14-11-26-19(20-14)22-18(24)15-7-4-10-25-15/h3-7,10-11H,8-9H2,1-2H3,(H,21,23)(H,20,22,24). The highest BCUT2D eigenvalue weighted by atomic mass is 32.1. The molecule has 26 heavy (non-hydrogen) atoms. The van der Waals surface area contributed by atoms with Crippen molar-refractivity contribution in [2.75, 3.05) is 10.6 Å². The van der Waals surface area contributed by atoms with Crippen LogP contribution in [0.3, 0.4) is 0 Å². The molecule has 0 aliphatic carbocycles. The molecule has 2 aromatic heterocycles. The van der Waals surface area contributed by atoms with E-state index < -0.39 is 0 Å². The van der Waals surface area contributed by atoms with Gasteiger partial charge in [0.25, 0.3) is 5.91 Å². The van der Waals surface area contributed by atoms with E-state index in [1.165, 1.54) is 17.6 Å². The van der Waals surface area contributed by atoms with Crippen molar-refractivity contribution in [3.63, 3.8) is 0 Å². The number of amides is 2. The third-order valence-electron chi connectivity index (χ3n) is 3.87. The SMILES string of the molecule is Cc1cccc(C)c1NC(=O)CCc1csc(NC(=O)c2ccco2)n1. The van der Waals surface area contributed by atoms with Gasteiger partial charge in [0.1, 0.15) is 0 Å². The summed E-state index contributed by atoms with van der Waals surface area (Å²) < 4.78 is 5.04. The summed E-state index contributed by atoms with van der Waals surface area (Å²) in [5.74, 6) is -0.171. The minimum Gasteiger partial charge on any atom is -0.459 e. The van der Waals surface area contributed by atoms with E-state index >= 15 is 0 Å². The summed E-state index contributed by atoms with van der Waals surface area (Å²) in [6.45, 7) is 3.94. The van der Waals surface area contributed by atoms with Crippen LogP contribution in [0.5, 0.6) is 0 Å². The zero-order valence-corrected chi connectivity index (χ0v) is 15.4. The van der Waals surface area contributed by atoms with Gasteiger partial charge in [0, 0.05) is 17.5 Å². The van der Waals surface area contributed by atoms with Crippen LogP contribution in [0.4, 0.5) is 10.8 Å². The first-order valence-electron chi connectivity index (χ1n) is 8.18. The third kappa shape index (κ3) is 4.37. The van der Waals surface area contributed by atoms with Gasteiger partial charge in [-0.3, -0.25) is 14.9 Å². The van der Waals surface area contributed by atoms with E-state index in [0.717, 1.165) is 22.5 Å². The fourth-order valence-electron chi connectivity index (χ4n) is 2.50. The summed E-state index contributed by atoms with van der Waals surface area (Å²) in [4.78, 5) is 28.5. The predicted molar refractivity (Wildman–Crippen MR) is 102 cm³/mol. The molecule has 0 fully saturated rings. The number of thiazole rings is 1. The fraction of sp³-hybridized carbons (Fsp3) is 0.211. The number of rotatable bonds is 6. The summed E-state index contributed by atoms with van der Waals surface area (Å²) in [7, 11) is 0. The third-order valence-corrected chi connectivity index (χ3v) is 4.68. The smallest absolute Gasteiger partial charge is 0.293 e. The molecule has 0 aliphatic rings. The Balaban J connectivity index is 1.53. The maximum absolute atomic E-state index is 12.2. The molecule has 0 bridgehead atoms. The number of carbonyl (C=O) groups excluding carboxylic acids is 2. The zero-order valence-electron chi connectivity index (χ0n) is 14.5. The number of carbonyl (C=O) groups is 2. The number of anilines is 2. The molecule has 0 saturated heterocycles. The van der Waals surface area contributed by atoms with Crippen molar-refractivity contribution < 1.29 is 14.0 Å². The molecule has 2 amide bonds. The Kier molecular flexibility index (Phi) is 5.48. The Morgan fingerprint density at radius 2 is 1.88 bits per heavy atom. The summed E-state index contributed by atoms with van der Waals surface area (Å²) in [5.41, 5.74) is 3.70. The molecule has 2 N–H and O–H groups in total. The van der Waals surface area contributed by atoms with Gasteiger partial charge < -0.3 is 9.73 Å². The van der Waals surface area contributed by atoms with Crippen molar-refractivity contribution in [3.05, 3.63) is 64.6 Å². The van der Waals surface area contributed by atoms with Crippen LogP contribution in [0.1, 0.15) is 33.8 Å². The molecule has 6 nitrogen and oxygen atoms in total. The molecule has 1 aromatic carbocycles. The minimum absolute atomic E-state index is 0.0587. The summed E-state index contributed by atoms with van der Waals surface area (Å²) in [5, 5.41) is 7.96. The summed E-state index contributed by atoms with van der Waals surface area (Å²) >= 11 is 1.32. The van der Waals surface area contributed by atoms with E-state index in [1.807, 2.05) is 37.4 Å². The number of nitrogens with one attached hydrogen (secondary N) is 2. The van der Waals surface area contributed by atoms with E-state index in [2.05, 4.69) is 15.6 Å². The first-order chi connectivity index (χ1) is 12.5. The largest absolute Gasteiger partial charge is 0.459 e. The van der Waals surface area contributed by atoms with Crippen LogP contribution in [-0.4, -0.2) is 16.8 Å². The summed E-state index contributed by atoms with van der Waals surface area (Å²) in [6.07, 6.45) is 2.27. The van der Waals surface area contributed by atoms with E-state index in [1.54, 1.807) is 12.1 Å². The Hall–Kier alpha value is -2.93. The lowest BCUT2D eigenvalue weighted by atomic mass is 10.1. The maximum Gasteiger partial charge on any atom is 0.293 e. The molecule has 3 rings (SSSR count). The number of hydrogen-bond donors (Lipinski definition) is 2. The average Bonchev–Trinajstić information content (AvgIpc) is 3.28. The number of aryl methyl sites for hydroxylation is 3. The van der Waals surface area contributed by atoms with Crippen LogP contribution in [0.25, 0.3) is 0 Å². The van der Waals surface area contributed by atoms with Crippen molar-refractivity contribution in [1.29, 1.82) is 0 Å². The van der Waals surface area contributed by atoms with Gasteiger partial charge in [-0.25, -0.2) is 4.98 Å². The lowest BCUT2D eigenvalue weighted by Crippen LogP contribution is -2.14. The zero-order chi connectivity index (χ0) is 18.5. The van der Waals surface area contributed by atoms with Crippen LogP contribution >= 0.6 is 11.3 Å². The van der Waals surface area contributed by atoms with Crippen LogP contribution < -0.4 is 10.6 Å². The van der Waals surface area contributed by atoms with Crippen molar-refractivity contribution in [1.82, 2.24) is 4.98 Å². The lowest BCUT2D eigenvalue weighted by molar-refractivity contribution is -0.116. The molecule has 0 atom stereocenters. The van der Waals surface area contributed by atoms with Crippen LogP contribution in [0.15, 0.2) is 46.4 Å². The summed E-state index contributed by atoms with van der Waals surface area (Å²) in [6, 6.07) is 9.14. The molecule has 0 saturated carbocycles. The topological polar surface area (TPSA) is 84.2 Å². The fourth-order valence-corrected chi connectivity index (χ4v) is 3.24. The highest BCUT2D eigenvalue weighted by Crippen LogP contribution is 2.21. The molecule has 0 unspecified atom stereocenters.